The Morgan fingerprint density at radius 2 is 2.00 bits per heavy atom. The van der Waals surface area contributed by atoms with Crippen LogP contribution in [0.4, 0.5) is 0 Å². The molecule has 0 saturated heterocycles. The fraction of sp³-hybridized carbons (Fsp3) is 0.688. The summed E-state index contributed by atoms with van der Waals surface area (Å²) < 4.78 is 5.80. The zero-order valence-corrected chi connectivity index (χ0v) is 12.6. The van der Waals surface area contributed by atoms with Gasteiger partial charge in [0.05, 0.1) is 11.3 Å². The molecule has 0 atom stereocenters. The quantitative estimate of drug-likeness (QED) is 0.922. The highest BCUT2D eigenvalue weighted by atomic mass is 16.5. The first-order valence-electron chi connectivity index (χ1n) is 7.71. The molecule has 0 aliphatic heterocycles. The van der Waals surface area contributed by atoms with E-state index in [1.165, 1.54) is 6.20 Å². The SMILES string of the molecule is COC1(c2ncc(C(=O)O)c(C3CC3)n2)CCC(C)CC1. The number of rotatable bonds is 4. The van der Waals surface area contributed by atoms with E-state index >= 15 is 0 Å². The summed E-state index contributed by atoms with van der Waals surface area (Å²) in [6, 6.07) is 0. The molecule has 5 nitrogen and oxygen atoms in total. The van der Waals surface area contributed by atoms with Crippen LogP contribution in [0.1, 0.15) is 73.2 Å². The van der Waals surface area contributed by atoms with Crippen molar-refractivity contribution in [1.29, 1.82) is 0 Å². The average molecular weight is 290 g/mol. The maximum Gasteiger partial charge on any atom is 0.339 e. The van der Waals surface area contributed by atoms with Crippen molar-refractivity contribution >= 4 is 5.97 Å². The molecule has 1 heterocycles. The Bertz CT molecular complexity index is 546. The van der Waals surface area contributed by atoms with E-state index in [9.17, 15) is 9.90 Å². The second-order valence-electron chi connectivity index (χ2n) is 6.45. The maximum absolute atomic E-state index is 11.3. The number of carbonyl (C=O) groups is 1. The highest BCUT2D eigenvalue weighted by Gasteiger charge is 2.40. The van der Waals surface area contributed by atoms with Crippen LogP contribution in [0.25, 0.3) is 0 Å². The van der Waals surface area contributed by atoms with Crippen LogP contribution in [-0.2, 0) is 10.3 Å². The molecule has 5 heteroatoms. The monoisotopic (exact) mass is 290 g/mol. The number of hydrogen-bond donors (Lipinski definition) is 1. The van der Waals surface area contributed by atoms with Crippen molar-refractivity contribution < 1.29 is 14.6 Å². The van der Waals surface area contributed by atoms with Gasteiger partial charge < -0.3 is 9.84 Å². The van der Waals surface area contributed by atoms with E-state index in [1.807, 2.05) is 0 Å². The number of hydrogen-bond acceptors (Lipinski definition) is 4. The normalized spacial score (nSPS) is 29.3. The van der Waals surface area contributed by atoms with Crippen LogP contribution in [0.2, 0.25) is 0 Å². The lowest BCUT2D eigenvalue weighted by Crippen LogP contribution is -2.35. The first-order chi connectivity index (χ1) is 10.1. The Kier molecular flexibility index (Phi) is 3.69. The Balaban J connectivity index is 1.97. The molecule has 2 fully saturated rings. The van der Waals surface area contributed by atoms with Crippen LogP contribution in [0.15, 0.2) is 6.20 Å². The molecule has 114 valence electrons. The van der Waals surface area contributed by atoms with Gasteiger partial charge in [-0.3, -0.25) is 0 Å². The highest BCUT2D eigenvalue weighted by Crippen LogP contribution is 2.44. The third kappa shape index (κ3) is 2.67. The van der Waals surface area contributed by atoms with E-state index in [0.717, 1.165) is 38.5 Å². The molecule has 2 saturated carbocycles. The van der Waals surface area contributed by atoms with Crippen LogP contribution in [0.3, 0.4) is 0 Å². The van der Waals surface area contributed by atoms with Crippen LogP contribution in [0, 0.1) is 5.92 Å². The predicted molar refractivity (Wildman–Crippen MR) is 77.3 cm³/mol. The van der Waals surface area contributed by atoms with Crippen LogP contribution < -0.4 is 0 Å². The standard InChI is InChI=1S/C16H22N2O3/c1-10-5-7-16(21-2,8-6-10)15-17-9-12(14(19)20)13(18-15)11-3-4-11/h9-11H,3-8H2,1-2H3,(H,19,20). The van der Waals surface area contributed by atoms with Gasteiger partial charge in [-0.25, -0.2) is 14.8 Å². The van der Waals surface area contributed by atoms with Gasteiger partial charge in [0.1, 0.15) is 5.60 Å². The molecule has 2 aliphatic carbocycles. The number of ether oxygens (including phenoxy) is 1. The minimum atomic E-state index is -0.938. The maximum atomic E-state index is 11.3. The summed E-state index contributed by atoms with van der Waals surface area (Å²) in [5.74, 6) is 0.722. The van der Waals surface area contributed by atoms with Crippen molar-refractivity contribution in [2.75, 3.05) is 7.11 Å². The van der Waals surface area contributed by atoms with E-state index in [4.69, 9.17) is 4.74 Å². The molecule has 0 radical (unpaired) electrons. The van der Waals surface area contributed by atoms with Crippen molar-refractivity contribution in [3.8, 4) is 0 Å². The number of nitrogens with zero attached hydrogens (tertiary/aromatic N) is 2. The van der Waals surface area contributed by atoms with Crippen LogP contribution in [0.5, 0.6) is 0 Å². The van der Waals surface area contributed by atoms with Crippen molar-refractivity contribution in [2.45, 2.75) is 57.0 Å². The summed E-state index contributed by atoms with van der Waals surface area (Å²) in [6.45, 7) is 2.25. The summed E-state index contributed by atoms with van der Waals surface area (Å²) in [5.41, 5.74) is 0.506. The van der Waals surface area contributed by atoms with Crippen LogP contribution in [-0.4, -0.2) is 28.2 Å². The summed E-state index contributed by atoms with van der Waals surface area (Å²) in [6.07, 6.45) is 7.51. The van der Waals surface area contributed by atoms with Gasteiger partial charge in [0.2, 0.25) is 0 Å². The van der Waals surface area contributed by atoms with Gasteiger partial charge in [-0.15, -0.1) is 0 Å². The number of aromatic nitrogens is 2. The second kappa shape index (κ2) is 5.37. The molecule has 0 amide bonds. The predicted octanol–water partition coefficient (Wildman–Crippen LogP) is 3.10. The summed E-state index contributed by atoms with van der Waals surface area (Å²) in [7, 11) is 1.71. The zero-order chi connectivity index (χ0) is 15.0. The van der Waals surface area contributed by atoms with E-state index < -0.39 is 11.6 Å². The average Bonchev–Trinajstić information content (AvgIpc) is 3.32. The summed E-state index contributed by atoms with van der Waals surface area (Å²) in [5, 5.41) is 9.29. The van der Waals surface area contributed by atoms with Gasteiger partial charge in [-0.1, -0.05) is 6.92 Å². The topological polar surface area (TPSA) is 72.3 Å². The Morgan fingerprint density at radius 3 is 2.52 bits per heavy atom. The third-order valence-electron chi connectivity index (χ3n) is 4.89. The summed E-state index contributed by atoms with van der Waals surface area (Å²) >= 11 is 0. The highest BCUT2D eigenvalue weighted by molar-refractivity contribution is 5.88. The molecular formula is C16H22N2O3. The van der Waals surface area contributed by atoms with Crippen molar-refractivity contribution in [3.63, 3.8) is 0 Å². The molecule has 1 aromatic rings. The van der Waals surface area contributed by atoms with Gasteiger partial charge in [0.25, 0.3) is 0 Å². The lowest BCUT2D eigenvalue weighted by Gasteiger charge is -2.37. The molecule has 21 heavy (non-hydrogen) atoms. The van der Waals surface area contributed by atoms with Gasteiger partial charge in [-0.2, -0.15) is 0 Å². The van der Waals surface area contributed by atoms with E-state index in [2.05, 4.69) is 16.9 Å². The van der Waals surface area contributed by atoms with Crippen molar-refractivity contribution in [1.82, 2.24) is 9.97 Å². The largest absolute Gasteiger partial charge is 0.478 e. The van der Waals surface area contributed by atoms with Crippen LogP contribution >= 0.6 is 0 Å². The van der Waals surface area contributed by atoms with E-state index in [0.29, 0.717) is 17.4 Å². The molecule has 2 aliphatic rings. The smallest absolute Gasteiger partial charge is 0.339 e. The molecule has 0 spiro atoms. The van der Waals surface area contributed by atoms with Gasteiger partial charge in [-0.05, 0) is 44.4 Å². The minimum absolute atomic E-state index is 0.247. The molecule has 1 aromatic heterocycles. The van der Waals surface area contributed by atoms with Gasteiger partial charge in [0.15, 0.2) is 5.82 Å². The van der Waals surface area contributed by atoms with E-state index in [1.54, 1.807) is 7.11 Å². The fourth-order valence-electron chi connectivity index (χ4n) is 3.19. The minimum Gasteiger partial charge on any atom is -0.478 e. The first kappa shape index (κ1) is 14.4. The van der Waals surface area contributed by atoms with E-state index in [-0.39, 0.29) is 11.5 Å². The number of carboxylic acids is 1. The number of carboxylic acid groups (broad SMARTS) is 1. The Hall–Kier alpha value is -1.49. The molecule has 0 bridgehead atoms. The molecule has 0 aromatic carbocycles. The molecule has 3 rings (SSSR count). The zero-order valence-electron chi connectivity index (χ0n) is 12.6. The Morgan fingerprint density at radius 1 is 1.33 bits per heavy atom. The second-order valence-corrected chi connectivity index (χ2v) is 6.45. The molecule has 1 N–H and O–H groups in total. The first-order valence-corrected chi connectivity index (χ1v) is 7.71. The fourth-order valence-corrected chi connectivity index (χ4v) is 3.19. The lowest BCUT2D eigenvalue weighted by atomic mass is 9.79. The number of aromatic carboxylic acids is 1. The van der Waals surface area contributed by atoms with Crippen molar-refractivity contribution in [2.24, 2.45) is 5.92 Å². The molecule has 0 unspecified atom stereocenters. The summed E-state index contributed by atoms with van der Waals surface area (Å²) in [4.78, 5) is 20.3. The van der Waals surface area contributed by atoms with Crippen molar-refractivity contribution in [3.05, 3.63) is 23.3 Å². The third-order valence-corrected chi connectivity index (χ3v) is 4.89. The Labute approximate surface area is 124 Å². The van der Waals surface area contributed by atoms with Gasteiger partial charge >= 0.3 is 5.97 Å². The van der Waals surface area contributed by atoms with Gasteiger partial charge in [0, 0.05) is 19.2 Å². The number of methoxy groups -OCH3 is 1. The lowest BCUT2D eigenvalue weighted by molar-refractivity contribution is -0.0599. The molecular weight excluding hydrogens is 268 g/mol.